The zero-order chi connectivity index (χ0) is 21.8. The number of carboxylic acid groups (broad SMARTS) is 1. The Balaban J connectivity index is 1.76. The summed E-state index contributed by atoms with van der Waals surface area (Å²) < 4.78 is 15.7. The molecule has 1 N–H and O–H groups in total. The van der Waals surface area contributed by atoms with Crippen molar-refractivity contribution >= 4 is 11.8 Å². The Labute approximate surface area is 178 Å². The first kappa shape index (κ1) is 23.8. The molecule has 0 amide bonds. The highest BCUT2D eigenvalue weighted by Crippen LogP contribution is 2.33. The van der Waals surface area contributed by atoms with E-state index in [0.29, 0.717) is 31.7 Å². The first-order chi connectivity index (χ1) is 14.5. The molecule has 1 aliphatic carbocycles. The Hall–Kier alpha value is -2.44. The molecule has 0 heterocycles. The molecule has 0 aromatic heterocycles. The number of para-hydroxylation sites is 1. The number of methoxy groups -OCH3 is 2. The van der Waals surface area contributed by atoms with E-state index in [-0.39, 0.29) is 18.3 Å². The number of carbonyl (C=O) groups excluding carboxylic acids is 1. The number of hydrogen-bond donors (Lipinski definition) is 1. The second-order valence-electron chi connectivity index (χ2n) is 7.37. The SMILES string of the molecule is COC(CC/C=C\C[C@H]1C(=O)CC[C@@H]1/C=C/CCOc1ccccc1)(OC)C(=O)O. The summed E-state index contributed by atoms with van der Waals surface area (Å²) in [6.45, 7) is 0.607. The summed E-state index contributed by atoms with van der Waals surface area (Å²) in [6, 6.07) is 9.71. The summed E-state index contributed by atoms with van der Waals surface area (Å²) in [5.41, 5.74) is 0. The van der Waals surface area contributed by atoms with Crippen LogP contribution in [0.1, 0.15) is 38.5 Å². The number of benzene rings is 1. The normalized spacial score (nSPS) is 19.7. The molecular weight excluding hydrogens is 384 g/mol. The number of ether oxygens (including phenoxy) is 3. The molecule has 164 valence electrons. The second kappa shape index (κ2) is 12.3. The van der Waals surface area contributed by atoms with Crippen molar-refractivity contribution in [3.63, 3.8) is 0 Å². The van der Waals surface area contributed by atoms with Gasteiger partial charge in [0.15, 0.2) is 0 Å². The van der Waals surface area contributed by atoms with E-state index in [4.69, 9.17) is 14.2 Å². The number of carbonyl (C=O) groups is 2. The topological polar surface area (TPSA) is 82.1 Å². The fourth-order valence-corrected chi connectivity index (χ4v) is 3.71. The van der Waals surface area contributed by atoms with Crippen LogP contribution in [0.15, 0.2) is 54.6 Å². The zero-order valence-corrected chi connectivity index (χ0v) is 17.8. The van der Waals surface area contributed by atoms with Crippen LogP contribution < -0.4 is 4.74 Å². The van der Waals surface area contributed by atoms with Gasteiger partial charge >= 0.3 is 5.97 Å². The zero-order valence-electron chi connectivity index (χ0n) is 17.8. The predicted molar refractivity (Wildman–Crippen MR) is 114 cm³/mol. The van der Waals surface area contributed by atoms with Crippen molar-refractivity contribution in [3.05, 3.63) is 54.6 Å². The summed E-state index contributed by atoms with van der Waals surface area (Å²) in [7, 11) is 2.64. The highest BCUT2D eigenvalue weighted by atomic mass is 16.7. The number of ketones is 1. The van der Waals surface area contributed by atoms with Crippen molar-refractivity contribution in [1.29, 1.82) is 0 Å². The van der Waals surface area contributed by atoms with E-state index in [1.807, 2.05) is 42.5 Å². The van der Waals surface area contributed by atoms with E-state index in [9.17, 15) is 14.7 Å². The van der Waals surface area contributed by atoms with E-state index >= 15 is 0 Å². The first-order valence-electron chi connectivity index (χ1n) is 10.4. The molecular formula is C24H32O6. The lowest BCUT2D eigenvalue weighted by Crippen LogP contribution is -2.42. The quantitative estimate of drug-likeness (QED) is 0.291. The van der Waals surface area contributed by atoms with Crippen molar-refractivity contribution in [2.45, 2.75) is 44.3 Å². The molecule has 1 fully saturated rings. The van der Waals surface area contributed by atoms with Crippen LogP contribution in [0.2, 0.25) is 0 Å². The molecule has 0 aliphatic heterocycles. The molecule has 1 aromatic carbocycles. The maximum atomic E-state index is 12.3. The van der Waals surface area contributed by atoms with Gasteiger partial charge in [0.2, 0.25) is 0 Å². The fourth-order valence-electron chi connectivity index (χ4n) is 3.71. The van der Waals surface area contributed by atoms with Gasteiger partial charge in [-0.15, -0.1) is 0 Å². The molecule has 6 nitrogen and oxygen atoms in total. The van der Waals surface area contributed by atoms with Crippen molar-refractivity contribution in [3.8, 4) is 5.75 Å². The van der Waals surface area contributed by atoms with Crippen molar-refractivity contribution in [1.82, 2.24) is 0 Å². The van der Waals surface area contributed by atoms with E-state index < -0.39 is 11.8 Å². The van der Waals surface area contributed by atoms with Gasteiger partial charge in [0.1, 0.15) is 11.5 Å². The minimum absolute atomic E-state index is 0.0124. The lowest BCUT2D eigenvalue weighted by Gasteiger charge is -2.25. The van der Waals surface area contributed by atoms with Gasteiger partial charge in [-0.2, -0.15) is 0 Å². The number of aliphatic carboxylic acids is 1. The van der Waals surface area contributed by atoms with E-state index in [2.05, 4.69) is 12.2 Å². The molecule has 2 rings (SSSR count). The lowest BCUT2D eigenvalue weighted by molar-refractivity contribution is -0.227. The van der Waals surface area contributed by atoms with E-state index in [0.717, 1.165) is 18.6 Å². The summed E-state index contributed by atoms with van der Waals surface area (Å²) in [6.07, 6.45) is 11.8. The lowest BCUT2D eigenvalue weighted by atomic mass is 9.91. The Bertz CT molecular complexity index is 720. The third-order valence-corrected chi connectivity index (χ3v) is 5.52. The van der Waals surface area contributed by atoms with Crippen LogP contribution in [0.3, 0.4) is 0 Å². The number of Topliss-reactive ketones (excluding diaryl/α,β-unsaturated/α-hetero) is 1. The highest BCUT2D eigenvalue weighted by molar-refractivity contribution is 5.83. The van der Waals surface area contributed by atoms with Crippen LogP contribution in [0.4, 0.5) is 0 Å². The number of rotatable bonds is 13. The van der Waals surface area contributed by atoms with Crippen LogP contribution in [-0.2, 0) is 19.1 Å². The van der Waals surface area contributed by atoms with Crippen molar-refractivity contribution < 1.29 is 28.9 Å². The highest BCUT2D eigenvalue weighted by Gasteiger charge is 2.38. The minimum atomic E-state index is -1.62. The van der Waals surface area contributed by atoms with Crippen LogP contribution in [0.5, 0.6) is 5.75 Å². The molecule has 1 aromatic rings. The number of carboxylic acids is 1. The molecule has 0 spiro atoms. The molecule has 2 atom stereocenters. The molecule has 0 radical (unpaired) electrons. The van der Waals surface area contributed by atoms with Crippen LogP contribution in [0, 0.1) is 11.8 Å². The van der Waals surface area contributed by atoms with Gasteiger partial charge in [0.25, 0.3) is 5.79 Å². The van der Waals surface area contributed by atoms with Gasteiger partial charge in [-0.3, -0.25) is 4.79 Å². The van der Waals surface area contributed by atoms with Gasteiger partial charge in [-0.1, -0.05) is 42.5 Å². The Morgan fingerprint density at radius 1 is 1.13 bits per heavy atom. The van der Waals surface area contributed by atoms with Crippen LogP contribution in [0.25, 0.3) is 0 Å². The molecule has 30 heavy (non-hydrogen) atoms. The average molecular weight is 417 g/mol. The monoisotopic (exact) mass is 416 g/mol. The molecule has 0 unspecified atom stereocenters. The first-order valence-corrected chi connectivity index (χ1v) is 10.4. The van der Waals surface area contributed by atoms with E-state index in [1.165, 1.54) is 14.2 Å². The Morgan fingerprint density at radius 3 is 2.53 bits per heavy atom. The second-order valence-corrected chi connectivity index (χ2v) is 7.37. The summed E-state index contributed by atoms with van der Waals surface area (Å²) in [5, 5.41) is 9.27. The fraction of sp³-hybridized carbons (Fsp3) is 0.500. The summed E-state index contributed by atoms with van der Waals surface area (Å²) in [5.74, 6) is -1.38. The smallest absolute Gasteiger partial charge is 0.364 e. The Kier molecular flexibility index (Phi) is 9.77. The maximum Gasteiger partial charge on any atom is 0.364 e. The largest absolute Gasteiger partial charge is 0.493 e. The summed E-state index contributed by atoms with van der Waals surface area (Å²) in [4.78, 5) is 23.6. The molecule has 0 saturated heterocycles. The van der Waals surface area contributed by atoms with Gasteiger partial charge in [0.05, 0.1) is 6.61 Å². The third-order valence-electron chi connectivity index (χ3n) is 5.52. The van der Waals surface area contributed by atoms with Crippen LogP contribution in [-0.4, -0.2) is 43.5 Å². The number of allylic oxidation sites excluding steroid dienone is 3. The predicted octanol–water partition coefficient (Wildman–Crippen LogP) is 4.41. The summed E-state index contributed by atoms with van der Waals surface area (Å²) >= 11 is 0. The van der Waals surface area contributed by atoms with Gasteiger partial charge < -0.3 is 19.3 Å². The number of hydrogen-bond acceptors (Lipinski definition) is 5. The third kappa shape index (κ3) is 6.82. The van der Waals surface area contributed by atoms with E-state index in [1.54, 1.807) is 0 Å². The maximum absolute atomic E-state index is 12.3. The Morgan fingerprint density at radius 2 is 1.87 bits per heavy atom. The standard InChI is InChI=1S/C24H32O6/c1-28-24(29-2,23(26)27)17-9-4-7-14-21-19(15-16-22(21)25)11-8-10-18-30-20-12-5-3-6-13-20/h3-8,11-13,19,21H,9-10,14-18H2,1-2H3,(H,26,27)/b7-4-,11-8+/t19-,21+/m0/s1. The molecule has 0 bridgehead atoms. The average Bonchev–Trinajstić information content (AvgIpc) is 3.10. The van der Waals surface area contributed by atoms with Crippen LogP contribution >= 0.6 is 0 Å². The molecule has 1 saturated carbocycles. The molecule has 6 heteroatoms. The van der Waals surface area contributed by atoms with Crippen molar-refractivity contribution in [2.24, 2.45) is 11.8 Å². The van der Waals surface area contributed by atoms with Gasteiger partial charge in [0, 0.05) is 33.0 Å². The van der Waals surface area contributed by atoms with Gasteiger partial charge in [-0.25, -0.2) is 4.79 Å². The van der Waals surface area contributed by atoms with Gasteiger partial charge in [-0.05, 0) is 43.7 Å². The molecule has 1 aliphatic rings. The van der Waals surface area contributed by atoms with Crippen molar-refractivity contribution in [2.75, 3.05) is 20.8 Å². The minimum Gasteiger partial charge on any atom is -0.493 e.